The van der Waals surface area contributed by atoms with Gasteiger partial charge in [0, 0.05) is 29.8 Å². The summed E-state index contributed by atoms with van der Waals surface area (Å²) in [5, 5.41) is 9.94. The second kappa shape index (κ2) is 7.50. The molecule has 0 radical (unpaired) electrons. The van der Waals surface area contributed by atoms with E-state index in [1.54, 1.807) is 6.20 Å². The van der Waals surface area contributed by atoms with Gasteiger partial charge < -0.3 is 16.0 Å². The molecule has 0 atom stereocenters. The van der Waals surface area contributed by atoms with Crippen molar-refractivity contribution in [2.45, 2.75) is 20.3 Å². The molecule has 4 rings (SSSR count). The first kappa shape index (κ1) is 17.1. The number of nitrogens with zero attached hydrogens (tertiary/aromatic N) is 2. The fourth-order valence-electron chi connectivity index (χ4n) is 3.26. The summed E-state index contributed by atoms with van der Waals surface area (Å²) in [5.41, 5.74) is 7.10. The van der Waals surface area contributed by atoms with E-state index in [2.05, 4.69) is 64.0 Å². The molecular formula is C22H23N5. The number of hydrogen-bond acceptors (Lipinski definition) is 5. The smallest absolute Gasteiger partial charge is 0.229 e. The van der Waals surface area contributed by atoms with Gasteiger partial charge in [0.15, 0.2) is 0 Å². The molecule has 136 valence electrons. The summed E-state index contributed by atoms with van der Waals surface area (Å²) in [5.74, 6) is 1.32. The molecule has 1 aromatic heterocycles. The van der Waals surface area contributed by atoms with Crippen LogP contribution in [0.4, 0.5) is 28.8 Å². The van der Waals surface area contributed by atoms with Gasteiger partial charge in [-0.1, -0.05) is 23.8 Å². The van der Waals surface area contributed by atoms with E-state index in [9.17, 15) is 0 Å². The van der Waals surface area contributed by atoms with E-state index in [4.69, 9.17) is 0 Å². The Kier molecular flexibility index (Phi) is 4.75. The Hall–Kier alpha value is -3.34. The highest BCUT2D eigenvalue weighted by Crippen LogP contribution is 2.28. The van der Waals surface area contributed by atoms with E-state index in [1.807, 2.05) is 30.3 Å². The molecule has 1 aliphatic rings. The number of aromatic nitrogens is 2. The van der Waals surface area contributed by atoms with Crippen molar-refractivity contribution >= 4 is 34.9 Å². The summed E-state index contributed by atoms with van der Waals surface area (Å²) in [7, 11) is 0. The summed E-state index contributed by atoms with van der Waals surface area (Å²) in [6.07, 6.45) is 5.04. The molecule has 0 saturated heterocycles. The van der Waals surface area contributed by atoms with Gasteiger partial charge in [-0.25, -0.2) is 4.98 Å². The molecule has 5 nitrogen and oxygen atoms in total. The number of hydrogen-bond donors (Lipinski definition) is 3. The van der Waals surface area contributed by atoms with Crippen molar-refractivity contribution in [3.63, 3.8) is 0 Å². The molecule has 0 unspecified atom stereocenters. The zero-order chi connectivity index (χ0) is 18.6. The summed E-state index contributed by atoms with van der Waals surface area (Å²) in [6.45, 7) is 5.13. The molecule has 0 bridgehead atoms. The van der Waals surface area contributed by atoms with Crippen LogP contribution in [0.25, 0.3) is 6.08 Å². The van der Waals surface area contributed by atoms with Gasteiger partial charge in [-0.15, -0.1) is 0 Å². The maximum Gasteiger partial charge on any atom is 0.229 e. The van der Waals surface area contributed by atoms with E-state index in [-0.39, 0.29) is 0 Å². The first-order valence-electron chi connectivity index (χ1n) is 9.21. The molecular weight excluding hydrogens is 334 g/mol. The van der Waals surface area contributed by atoms with Gasteiger partial charge in [-0.3, -0.25) is 0 Å². The third kappa shape index (κ3) is 4.08. The maximum absolute atomic E-state index is 4.58. The summed E-state index contributed by atoms with van der Waals surface area (Å²) in [6, 6.07) is 16.4. The van der Waals surface area contributed by atoms with Crippen molar-refractivity contribution < 1.29 is 0 Å². The average molecular weight is 357 g/mol. The van der Waals surface area contributed by atoms with E-state index in [1.165, 1.54) is 16.7 Å². The minimum atomic E-state index is 0.561. The highest BCUT2D eigenvalue weighted by molar-refractivity contribution is 5.70. The lowest BCUT2D eigenvalue weighted by molar-refractivity contribution is 1.16. The number of fused-ring (bicyclic) bond motifs is 1. The topological polar surface area (TPSA) is 61.9 Å². The molecule has 3 aromatic rings. The van der Waals surface area contributed by atoms with Gasteiger partial charge in [0.1, 0.15) is 5.82 Å². The van der Waals surface area contributed by atoms with Crippen molar-refractivity contribution in [3.05, 3.63) is 71.4 Å². The van der Waals surface area contributed by atoms with Gasteiger partial charge in [0.2, 0.25) is 5.95 Å². The Morgan fingerprint density at radius 2 is 1.81 bits per heavy atom. The monoisotopic (exact) mass is 357 g/mol. The highest BCUT2D eigenvalue weighted by Gasteiger charge is 2.10. The minimum absolute atomic E-state index is 0.561. The van der Waals surface area contributed by atoms with Crippen molar-refractivity contribution in [3.8, 4) is 0 Å². The van der Waals surface area contributed by atoms with Crippen LogP contribution in [0.5, 0.6) is 0 Å². The molecule has 0 spiro atoms. The fourth-order valence-corrected chi connectivity index (χ4v) is 3.26. The van der Waals surface area contributed by atoms with Gasteiger partial charge in [-0.2, -0.15) is 4.98 Å². The molecule has 0 fully saturated rings. The Bertz CT molecular complexity index is 993. The lowest BCUT2D eigenvalue weighted by Crippen LogP contribution is -2.01. The Labute approximate surface area is 159 Å². The van der Waals surface area contributed by atoms with Gasteiger partial charge in [0.25, 0.3) is 0 Å². The highest BCUT2D eigenvalue weighted by atomic mass is 15.1. The molecule has 3 N–H and O–H groups in total. The Morgan fingerprint density at radius 1 is 0.963 bits per heavy atom. The number of allylic oxidation sites excluding steroid dienone is 1. The number of benzene rings is 2. The minimum Gasteiger partial charge on any atom is -0.385 e. The predicted octanol–water partition coefficient (Wildman–Crippen LogP) is 5.36. The lowest BCUT2D eigenvalue weighted by Gasteiger charge is -2.10. The molecule has 2 aromatic carbocycles. The molecule has 1 heterocycles. The average Bonchev–Trinajstić information content (AvgIpc) is 3.02. The van der Waals surface area contributed by atoms with Gasteiger partial charge in [-0.05, 0) is 67.8 Å². The van der Waals surface area contributed by atoms with E-state index < -0.39 is 0 Å². The van der Waals surface area contributed by atoms with Crippen molar-refractivity contribution in [1.29, 1.82) is 0 Å². The number of rotatable bonds is 6. The molecule has 5 heteroatoms. The van der Waals surface area contributed by atoms with Crippen LogP contribution in [0.15, 0.2) is 60.3 Å². The third-order valence-electron chi connectivity index (χ3n) is 4.44. The van der Waals surface area contributed by atoms with Crippen LogP contribution >= 0.6 is 0 Å². The molecule has 1 aliphatic carbocycles. The quantitative estimate of drug-likeness (QED) is 0.555. The zero-order valence-electron chi connectivity index (χ0n) is 15.6. The Morgan fingerprint density at radius 3 is 2.70 bits per heavy atom. The predicted molar refractivity (Wildman–Crippen MR) is 113 cm³/mol. The van der Waals surface area contributed by atoms with Crippen LogP contribution in [0.1, 0.15) is 25.0 Å². The summed E-state index contributed by atoms with van der Waals surface area (Å²) in [4.78, 5) is 8.91. The van der Waals surface area contributed by atoms with Crippen molar-refractivity contribution in [2.24, 2.45) is 0 Å². The molecule has 0 saturated carbocycles. The summed E-state index contributed by atoms with van der Waals surface area (Å²) < 4.78 is 0. The van der Waals surface area contributed by atoms with Crippen LogP contribution in [-0.2, 0) is 6.42 Å². The van der Waals surface area contributed by atoms with Crippen molar-refractivity contribution in [2.75, 3.05) is 22.5 Å². The third-order valence-corrected chi connectivity index (χ3v) is 4.44. The second-order valence-electron chi connectivity index (χ2n) is 6.71. The first-order valence-corrected chi connectivity index (χ1v) is 9.21. The van der Waals surface area contributed by atoms with E-state index >= 15 is 0 Å². The van der Waals surface area contributed by atoms with E-state index in [0.717, 1.165) is 35.8 Å². The number of anilines is 5. The molecule has 0 aliphatic heterocycles. The normalized spacial score (nSPS) is 12.3. The van der Waals surface area contributed by atoms with Gasteiger partial charge >= 0.3 is 0 Å². The van der Waals surface area contributed by atoms with Crippen LogP contribution in [0, 0.1) is 0 Å². The first-order chi connectivity index (χ1) is 13.2. The van der Waals surface area contributed by atoms with Crippen LogP contribution in [-0.4, -0.2) is 16.5 Å². The standard InChI is InChI=1S/C22H23N5/c1-3-23-18-5-4-6-19(14-18)26-22-24-10-9-21(27-22)25-20-8-7-16-11-15(2)12-17(16)13-20/h4-10,12-14,23H,3,11H2,1-2H3,(H2,24,25,26,27). The van der Waals surface area contributed by atoms with E-state index in [0.29, 0.717) is 5.95 Å². The maximum atomic E-state index is 4.58. The second-order valence-corrected chi connectivity index (χ2v) is 6.71. The van der Waals surface area contributed by atoms with Crippen LogP contribution in [0.2, 0.25) is 0 Å². The fraction of sp³-hybridized carbons (Fsp3) is 0.182. The number of nitrogens with one attached hydrogen (secondary N) is 3. The molecule has 27 heavy (non-hydrogen) atoms. The Balaban J connectivity index is 1.50. The molecule has 0 amide bonds. The van der Waals surface area contributed by atoms with Crippen LogP contribution < -0.4 is 16.0 Å². The SMILES string of the molecule is CCNc1cccc(Nc2nccc(Nc3ccc4c(c3)C=C(C)C4)n2)c1. The van der Waals surface area contributed by atoms with Crippen molar-refractivity contribution in [1.82, 2.24) is 9.97 Å². The van der Waals surface area contributed by atoms with Gasteiger partial charge in [0.05, 0.1) is 0 Å². The largest absolute Gasteiger partial charge is 0.385 e. The summed E-state index contributed by atoms with van der Waals surface area (Å²) >= 11 is 0. The lowest BCUT2D eigenvalue weighted by atomic mass is 10.1. The zero-order valence-corrected chi connectivity index (χ0v) is 15.6. The van der Waals surface area contributed by atoms with Crippen LogP contribution in [0.3, 0.4) is 0 Å².